The van der Waals surface area contributed by atoms with Crippen LogP contribution in [-0.4, -0.2) is 53.0 Å². The Labute approximate surface area is 164 Å². The molecule has 1 aromatic heterocycles. The lowest BCUT2D eigenvalue weighted by Crippen LogP contribution is -2.49. The molecule has 28 heavy (non-hydrogen) atoms. The van der Waals surface area contributed by atoms with Crippen LogP contribution in [0.4, 0.5) is 16.0 Å². The Bertz CT molecular complexity index is 827. The number of nitrogens with zero attached hydrogens (tertiary/aromatic N) is 4. The highest BCUT2D eigenvalue weighted by molar-refractivity contribution is 5.92. The number of benzene rings is 1. The first-order valence-electron chi connectivity index (χ1n) is 10.0. The summed E-state index contributed by atoms with van der Waals surface area (Å²) < 4.78 is 13.1. The fraction of sp³-hybridized carbons (Fsp3) is 0.476. The molecule has 2 aliphatic rings. The van der Waals surface area contributed by atoms with E-state index in [-0.39, 0.29) is 11.7 Å². The summed E-state index contributed by atoms with van der Waals surface area (Å²) in [6.07, 6.45) is 4.72. The second-order valence-electron chi connectivity index (χ2n) is 7.60. The van der Waals surface area contributed by atoms with E-state index in [1.54, 1.807) is 18.2 Å². The van der Waals surface area contributed by atoms with E-state index < -0.39 is 0 Å². The van der Waals surface area contributed by atoms with Gasteiger partial charge in [0, 0.05) is 43.6 Å². The molecular formula is C21H26FN5O. The number of hydrogen-bond donors (Lipinski definition) is 1. The SMILES string of the molecule is Cc1cc(C(=O)N2CCN(c3ccc(F)cc3)CC2)nc(NC2CCCC2)n1. The van der Waals surface area contributed by atoms with Crippen molar-refractivity contribution in [2.45, 2.75) is 38.6 Å². The summed E-state index contributed by atoms with van der Waals surface area (Å²) in [5, 5.41) is 3.38. The van der Waals surface area contributed by atoms with Gasteiger partial charge in [-0.25, -0.2) is 14.4 Å². The predicted octanol–water partition coefficient (Wildman–Crippen LogP) is 3.24. The Hall–Kier alpha value is -2.70. The molecule has 1 N–H and O–H groups in total. The maximum absolute atomic E-state index is 13.1. The van der Waals surface area contributed by atoms with Gasteiger partial charge in [-0.15, -0.1) is 0 Å². The van der Waals surface area contributed by atoms with Gasteiger partial charge in [0.2, 0.25) is 5.95 Å². The number of halogens is 1. The Morgan fingerprint density at radius 3 is 2.43 bits per heavy atom. The zero-order valence-electron chi connectivity index (χ0n) is 16.2. The Kier molecular flexibility index (Phi) is 5.41. The van der Waals surface area contributed by atoms with Crippen LogP contribution >= 0.6 is 0 Å². The van der Waals surface area contributed by atoms with Crippen LogP contribution in [0, 0.1) is 12.7 Å². The van der Waals surface area contributed by atoms with Gasteiger partial charge in [-0.3, -0.25) is 4.79 Å². The molecule has 1 aliphatic heterocycles. The van der Waals surface area contributed by atoms with Crippen LogP contribution in [0.15, 0.2) is 30.3 Å². The van der Waals surface area contributed by atoms with Crippen molar-refractivity contribution < 1.29 is 9.18 Å². The second-order valence-corrected chi connectivity index (χ2v) is 7.60. The van der Waals surface area contributed by atoms with E-state index in [1.807, 2.05) is 11.8 Å². The number of carbonyl (C=O) groups is 1. The third kappa shape index (κ3) is 4.24. The number of hydrogen-bond acceptors (Lipinski definition) is 5. The van der Waals surface area contributed by atoms with Gasteiger partial charge in [-0.05, 0) is 50.1 Å². The zero-order chi connectivity index (χ0) is 19.5. The highest BCUT2D eigenvalue weighted by atomic mass is 19.1. The summed E-state index contributed by atoms with van der Waals surface area (Å²) in [5.41, 5.74) is 2.22. The average Bonchev–Trinajstić information content (AvgIpc) is 3.21. The van der Waals surface area contributed by atoms with E-state index in [9.17, 15) is 9.18 Å². The molecule has 0 atom stereocenters. The fourth-order valence-corrected chi connectivity index (χ4v) is 3.98. The number of piperazine rings is 1. The lowest BCUT2D eigenvalue weighted by molar-refractivity contribution is 0.0740. The van der Waals surface area contributed by atoms with Crippen molar-refractivity contribution in [1.82, 2.24) is 14.9 Å². The van der Waals surface area contributed by atoms with Crippen LogP contribution in [0.1, 0.15) is 41.9 Å². The molecule has 2 heterocycles. The topological polar surface area (TPSA) is 61.4 Å². The minimum absolute atomic E-state index is 0.0567. The third-order valence-electron chi connectivity index (χ3n) is 5.52. The van der Waals surface area contributed by atoms with Crippen LogP contribution in [0.2, 0.25) is 0 Å². The van der Waals surface area contributed by atoms with Crippen molar-refractivity contribution in [2.24, 2.45) is 0 Å². The molecule has 1 saturated heterocycles. The first kappa shape index (κ1) is 18.7. The molecular weight excluding hydrogens is 357 g/mol. The van der Waals surface area contributed by atoms with Gasteiger partial charge in [0.05, 0.1) is 0 Å². The number of nitrogens with one attached hydrogen (secondary N) is 1. The molecule has 2 fully saturated rings. The van der Waals surface area contributed by atoms with Gasteiger partial charge in [0.25, 0.3) is 5.91 Å². The minimum atomic E-state index is -0.237. The van der Waals surface area contributed by atoms with E-state index in [1.165, 1.54) is 25.0 Å². The van der Waals surface area contributed by atoms with Crippen LogP contribution in [0.5, 0.6) is 0 Å². The molecule has 0 radical (unpaired) electrons. The molecule has 1 aliphatic carbocycles. The molecule has 0 spiro atoms. The molecule has 1 aromatic carbocycles. The van der Waals surface area contributed by atoms with Gasteiger partial charge in [0.1, 0.15) is 11.5 Å². The van der Waals surface area contributed by atoms with Crippen molar-refractivity contribution in [3.8, 4) is 0 Å². The largest absolute Gasteiger partial charge is 0.368 e. The summed E-state index contributed by atoms with van der Waals surface area (Å²) in [6, 6.07) is 8.66. The van der Waals surface area contributed by atoms with Crippen LogP contribution in [0.3, 0.4) is 0 Å². The quantitative estimate of drug-likeness (QED) is 0.878. The van der Waals surface area contributed by atoms with Crippen molar-refractivity contribution in [2.75, 3.05) is 36.4 Å². The van der Waals surface area contributed by atoms with Gasteiger partial charge in [-0.1, -0.05) is 12.8 Å². The highest BCUT2D eigenvalue weighted by Crippen LogP contribution is 2.22. The lowest BCUT2D eigenvalue weighted by Gasteiger charge is -2.36. The Morgan fingerprint density at radius 2 is 1.75 bits per heavy atom. The summed E-state index contributed by atoms with van der Waals surface area (Å²) in [6.45, 7) is 4.56. The zero-order valence-corrected chi connectivity index (χ0v) is 16.2. The fourth-order valence-electron chi connectivity index (χ4n) is 3.98. The monoisotopic (exact) mass is 383 g/mol. The van der Waals surface area contributed by atoms with Gasteiger partial charge >= 0.3 is 0 Å². The molecule has 6 nitrogen and oxygen atoms in total. The highest BCUT2D eigenvalue weighted by Gasteiger charge is 2.24. The standard InChI is InChI=1S/C21H26FN5O/c1-15-14-19(25-21(23-15)24-17-4-2-3-5-17)20(28)27-12-10-26(11-13-27)18-8-6-16(22)7-9-18/h6-9,14,17H,2-5,10-13H2,1H3,(H,23,24,25). The number of aryl methyl sites for hydroxylation is 1. The summed E-state index contributed by atoms with van der Waals surface area (Å²) in [4.78, 5) is 25.9. The number of carbonyl (C=O) groups excluding carboxylic acids is 1. The van der Waals surface area contributed by atoms with Crippen molar-refractivity contribution in [3.05, 3.63) is 47.5 Å². The molecule has 148 valence electrons. The van der Waals surface area contributed by atoms with E-state index >= 15 is 0 Å². The normalized spacial score (nSPS) is 17.8. The van der Waals surface area contributed by atoms with Crippen LogP contribution < -0.4 is 10.2 Å². The van der Waals surface area contributed by atoms with Gasteiger partial charge in [0.15, 0.2) is 0 Å². The first-order valence-corrected chi connectivity index (χ1v) is 10.0. The maximum Gasteiger partial charge on any atom is 0.272 e. The number of amides is 1. The summed E-state index contributed by atoms with van der Waals surface area (Å²) >= 11 is 0. The lowest BCUT2D eigenvalue weighted by atomic mass is 10.2. The van der Waals surface area contributed by atoms with E-state index in [4.69, 9.17) is 0 Å². The smallest absolute Gasteiger partial charge is 0.272 e. The molecule has 0 bridgehead atoms. The van der Waals surface area contributed by atoms with E-state index in [2.05, 4.69) is 20.2 Å². The van der Waals surface area contributed by atoms with Gasteiger partial charge < -0.3 is 15.1 Å². The maximum atomic E-state index is 13.1. The summed E-state index contributed by atoms with van der Waals surface area (Å²) in [5.74, 6) is 0.262. The van der Waals surface area contributed by atoms with E-state index in [0.717, 1.165) is 24.2 Å². The molecule has 1 amide bonds. The van der Waals surface area contributed by atoms with Gasteiger partial charge in [-0.2, -0.15) is 0 Å². The average molecular weight is 383 g/mol. The molecule has 7 heteroatoms. The van der Waals surface area contributed by atoms with Crippen molar-refractivity contribution in [3.63, 3.8) is 0 Å². The number of aromatic nitrogens is 2. The van der Waals surface area contributed by atoms with Crippen LogP contribution in [-0.2, 0) is 0 Å². The third-order valence-corrected chi connectivity index (χ3v) is 5.52. The van der Waals surface area contributed by atoms with Crippen molar-refractivity contribution >= 4 is 17.5 Å². The Balaban J connectivity index is 1.40. The molecule has 0 unspecified atom stereocenters. The minimum Gasteiger partial charge on any atom is -0.368 e. The molecule has 1 saturated carbocycles. The summed E-state index contributed by atoms with van der Waals surface area (Å²) in [7, 11) is 0. The molecule has 4 rings (SSSR count). The van der Waals surface area contributed by atoms with E-state index in [0.29, 0.717) is 43.9 Å². The first-order chi connectivity index (χ1) is 13.6. The van der Waals surface area contributed by atoms with Crippen molar-refractivity contribution in [1.29, 1.82) is 0 Å². The predicted molar refractivity (Wildman–Crippen MR) is 107 cm³/mol. The van der Waals surface area contributed by atoms with Crippen LogP contribution in [0.25, 0.3) is 0 Å². The number of rotatable bonds is 4. The number of anilines is 2. The second kappa shape index (κ2) is 8.12. The molecule has 2 aromatic rings. The Morgan fingerprint density at radius 1 is 1.07 bits per heavy atom.